The first-order valence-electron chi connectivity index (χ1n) is 7.47. The van der Waals surface area contributed by atoms with E-state index in [0.29, 0.717) is 16.3 Å². The van der Waals surface area contributed by atoms with E-state index in [1.165, 1.54) is 0 Å². The second-order valence-corrected chi connectivity index (χ2v) is 5.80. The third kappa shape index (κ3) is 4.48. The summed E-state index contributed by atoms with van der Waals surface area (Å²) in [6.07, 6.45) is 0. The van der Waals surface area contributed by atoms with E-state index in [9.17, 15) is 10.1 Å². The normalized spacial score (nSPS) is 12.8. The third-order valence-corrected chi connectivity index (χ3v) is 3.81. The van der Waals surface area contributed by atoms with Gasteiger partial charge in [0.05, 0.1) is 24.6 Å². The number of hydrogen-bond donors (Lipinski definition) is 3. The summed E-state index contributed by atoms with van der Waals surface area (Å²) in [6.45, 7) is 1.54. The van der Waals surface area contributed by atoms with E-state index in [1.807, 2.05) is 30.3 Å². The van der Waals surface area contributed by atoms with Crippen LogP contribution in [0.4, 0.5) is 10.5 Å². The highest BCUT2D eigenvalue weighted by Crippen LogP contribution is 2.31. The molecule has 0 bridgehead atoms. The van der Waals surface area contributed by atoms with Crippen LogP contribution in [0.2, 0.25) is 5.02 Å². The van der Waals surface area contributed by atoms with Gasteiger partial charge in [0.1, 0.15) is 0 Å². The Bertz CT molecular complexity index is 744. The summed E-state index contributed by atoms with van der Waals surface area (Å²) in [5, 5.41) is 24.0. The van der Waals surface area contributed by atoms with Crippen molar-refractivity contribution >= 4 is 23.3 Å². The summed E-state index contributed by atoms with van der Waals surface area (Å²) < 4.78 is 0. The van der Waals surface area contributed by atoms with E-state index in [-0.39, 0.29) is 12.6 Å². The molecule has 2 rings (SSSR count). The van der Waals surface area contributed by atoms with Gasteiger partial charge in [-0.3, -0.25) is 0 Å². The molecule has 124 valence electrons. The Morgan fingerprint density at radius 2 is 2.00 bits per heavy atom. The molecule has 0 aliphatic heterocycles. The number of anilines is 1. The van der Waals surface area contributed by atoms with Crippen LogP contribution < -0.4 is 10.6 Å². The van der Waals surface area contributed by atoms with Gasteiger partial charge < -0.3 is 15.7 Å². The van der Waals surface area contributed by atoms with Gasteiger partial charge in [-0.05, 0) is 30.2 Å². The van der Waals surface area contributed by atoms with Crippen LogP contribution in [0.3, 0.4) is 0 Å². The highest BCUT2D eigenvalue weighted by molar-refractivity contribution is 6.31. The maximum absolute atomic E-state index is 11.8. The minimum atomic E-state index is -0.476. The molecule has 24 heavy (non-hydrogen) atoms. The molecule has 0 saturated heterocycles. The molecule has 2 amide bonds. The number of nitrogens with one attached hydrogen (secondary N) is 2. The number of carbonyl (C=O) groups excluding carboxylic acids is 1. The Labute approximate surface area is 145 Å². The van der Waals surface area contributed by atoms with Crippen LogP contribution in [0.25, 0.3) is 0 Å². The van der Waals surface area contributed by atoms with Crippen molar-refractivity contribution in [2.75, 3.05) is 11.9 Å². The van der Waals surface area contributed by atoms with Gasteiger partial charge in [-0.15, -0.1) is 0 Å². The smallest absolute Gasteiger partial charge is 0.319 e. The fourth-order valence-electron chi connectivity index (χ4n) is 2.24. The Morgan fingerprint density at radius 1 is 1.29 bits per heavy atom. The molecular weight excluding hydrogens is 326 g/mol. The number of amides is 2. The highest BCUT2D eigenvalue weighted by atomic mass is 35.5. The van der Waals surface area contributed by atoms with Crippen molar-refractivity contribution in [2.45, 2.75) is 18.9 Å². The van der Waals surface area contributed by atoms with Crippen LogP contribution in [0.5, 0.6) is 0 Å². The van der Waals surface area contributed by atoms with Gasteiger partial charge in [-0.1, -0.05) is 48.0 Å². The molecule has 0 heterocycles. The molecule has 0 spiro atoms. The zero-order valence-electron chi connectivity index (χ0n) is 13.2. The van der Waals surface area contributed by atoms with E-state index in [0.717, 1.165) is 5.56 Å². The van der Waals surface area contributed by atoms with Gasteiger partial charge in [0.25, 0.3) is 0 Å². The van der Waals surface area contributed by atoms with Crippen molar-refractivity contribution in [3.63, 3.8) is 0 Å². The van der Waals surface area contributed by atoms with Crippen LogP contribution in [0, 0.1) is 11.3 Å². The van der Waals surface area contributed by atoms with Gasteiger partial charge in [0, 0.05) is 10.7 Å². The van der Waals surface area contributed by atoms with Crippen LogP contribution >= 0.6 is 11.6 Å². The van der Waals surface area contributed by atoms with Crippen molar-refractivity contribution in [1.29, 1.82) is 5.26 Å². The van der Waals surface area contributed by atoms with Crippen molar-refractivity contribution in [2.24, 2.45) is 0 Å². The molecule has 0 radical (unpaired) electrons. The maximum atomic E-state index is 11.8. The fourth-order valence-corrected chi connectivity index (χ4v) is 2.53. The summed E-state index contributed by atoms with van der Waals surface area (Å²) >= 11 is 6.31. The van der Waals surface area contributed by atoms with Crippen molar-refractivity contribution in [1.82, 2.24) is 5.32 Å². The Morgan fingerprint density at radius 3 is 2.58 bits per heavy atom. The lowest BCUT2D eigenvalue weighted by Gasteiger charge is -2.15. The van der Waals surface area contributed by atoms with Gasteiger partial charge in [0.2, 0.25) is 0 Å². The monoisotopic (exact) mass is 343 g/mol. The number of aliphatic hydroxyl groups is 1. The number of hydrogen-bond acceptors (Lipinski definition) is 3. The number of urea groups is 1. The molecule has 2 unspecified atom stereocenters. The van der Waals surface area contributed by atoms with E-state index in [4.69, 9.17) is 16.7 Å². The lowest BCUT2D eigenvalue weighted by atomic mass is 9.92. The molecule has 0 saturated carbocycles. The molecule has 0 fully saturated rings. The second-order valence-electron chi connectivity index (χ2n) is 5.39. The summed E-state index contributed by atoms with van der Waals surface area (Å²) in [4.78, 5) is 11.8. The second kappa shape index (κ2) is 8.34. The van der Waals surface area contributed by atoms with Crippen molar-refractivity contribution in [3.8, 4) is 6.07 Å². The number of rotatable bonds is 5. The zero-order valence-corrected chi connectivity index (χ0v) is 13.9. The standard InChI is InChI=1S/C18H18ClN3O2/c1-12(11-23)21-18(24)22-14-7-8-15(17(19)9-14)16(10-20)13-5-3-2-4-6-13/h2-9,12,16,23H,11H2,1H3,(H2,21,22,24). The fraction of sp³-hybridized carbons (Fsp3) is 0.222. The summed E-state index contributed by atoms with van der Waals surface area (Å²) in [7, 11) is 0. The summed E-state index contributed by atoms with van der Waals surface area (Å²) in [5.74, 6) is -0.476. The molecule has 0 aromatic heterocycles. The minimum absolute atomic E-state index is 0.145. The molecule has 3 N–H and O–H groups in total. The molecule has 2 aromatic rings. The Hall–Kier alpha value is -2.55. The predicted molar refractivity (Wildman–Crippen MR) is 94.1 cm³/mol. The zero-order chi connectivity index (χ0) is 17.5. The van der Waals surface area contributed by atoms with Gasteiger partial charge in [-0.25, -0.2) is 4.79 Å². The lowest BCUT2D eigenvalue weighted by molar-refractivity contribution is 0.229. The summed E-state index contributed by atoms with van der Waals surface area (Å²) in [5.41, 5.74) is 2.05. The van der Waals surface area contributed by atoms with Gasteiger partial charge >= 0.3 is 6.03 Å². The predicted octanol–water partition coefficient (Wildman–Crippen LogP) is 3.50. The number of nitriles is 1. The largest absolute Gasteiger partial charge is 0.394 e. The molecule has 2 aromatic carbocycles. The van der Waals surface area contributed by atoms with Crippen LogP contribution in [-0.4, -0.2) is 23.8 Å². The topological polar surface area (TPSA) is 85.2 Å². The molecule has 0 aliphatic rings. The Balaban J connectivity index is 2.18. The third-order valence-electron chi connectivity index (χ3n) is 3.48. The van der Waals surface area contributed by atoms with Crippen LogP contribution in [0.1, 0.15) is 24.0 Å². The van der Waals surface area contributed by atoms with E-state index in [1.54, 1.807) is 25.1 Å². The van der Waals surface area contributed by atoms with Crippen molar-refractivity contribution in [3.05, 3.63) is 64.7 Å². The lowest BCUT2D eigenvalue weighted by Crippen LogP contribution is -2.38. The summed E-state index contributed by atoms with van der Waals surface area (Å²) in [6, 6.07) is 15.9. The number of nitrogens with zero attached hydrogens (tertiary/aromatic N) is 1. The van der Waals surface area contributed by atoms with Crippen LogP contribution in [-0.2, 0) is 0 Å². The average molecular weight is 344 g/mol. The quantitative estimate of drug-likeness (QED) is 0.776. The van der Waals surface area contributed by atoms with E-state index >= 15 is 0 Å². The minimum Gasteiger partial charge on any atom is -0.394 e. The first-order valence-corrected chi connectivity index (χ1v) is 7.85. The molecular formula is C18H18ClN3O2. The Kier molecular flexibility index (Phi) is 6.19. The first kappa shape index (κ1) is 17.8. The number of benzene rings is 2. The maximum Gasteiger partial charge on any atom is 0.319 e. The molecule has 2 atom stereocenters. The molecule has 0 aliphatic carbocycles. The first-order chi connectivity index (χ1) is 11.5. The number of carbonyl (C=O) groups is 1. The number of halogens is 1. The van der Waals surface area contributed by atoms with E-state index in [2.05, 4.69) is 16.7 Å². The SMILES string of the molecule is CC(CO)NC(=O)Nc1ccc(C(C#N)c2ccccc2)c(Cl)c1. The molecule has 6 heteroatoms. The van der Waals surface area contributed by atoms with Gasteiger partial charge in [0.15, 0.2) is 0 Å². The van der Waals surface area contributed by atoms with E-state index < -0.39 is 11.9 Å². The van der Waals surface area contributed by atoms with Crippen molar-refractivity contribution < 1.29 is 9.90 Å². The van der Waals surface area contributed by atoms with Crippen LogP contribution in [0.15, 0.2) is 48.5 Å². The number of aliphatic hydroxyl groups excluding tert-OH is 1. The van der Waals surface area contributed by atoms with Gasteiger partial charge in [-0.2, -0.15) is 5.26 Å². The highest BCUT2D eigenvalue weighted by Gasteiger charge is 2.17. The molecule has 5 nitrogen and oxygen atoms in total. The average Bonchev–Trinajstić information content (AvgIpc) is 2.58.